The summed E-state index contributed by atoms with van der Waals surface area (Å²) in [4.78, 5) is 12.1. The molecule has 104 valence electrons. The van der Waals surface area contributed by atoms with Crippen molar-refractivity contribution in [3.63, 3.8) is 0 Å². The fourth-order valence-electron chi connectivity index (χ4n) is 2.13. The normalized spacial score (nSPS) is 23.2. The quantitative estimate of drug-likeness (QED) is 0.825. The van der Waals surface area contributed by atoms with Gasteiger partial charge in [0.1, 0.15) is 5.82 Å². The minimum atomic E-state index is -0.647. The number of hydrogen-bond acceptors (Lipinski definition) is 2. The number of piperidine rings is 1. The van der Waals surface area contributed by atoms with E-state index in [-0.39, 0.29) is 27.6 Å². The lowest BCUT2D eigenvalue weighted by atomic mass is 9.94. The molecule has 2 atom stereocenters. The van der Waals surface area contributed by atoms with Crippen molar-refractivity contribution >= 4 is 29.1 Å². The van der Waals surface area contributed by atoms with E-state index >= 15 is 0 Å². The first kappa shape index (κ1) is 14.6. The first-order valence-electron chi connectivity index (χ1n) is 6.15. The van der Waals surface area contributed by atoms with Crippen LogP contribution in [-0.4, -0.2) is 25.0 Å². The molecule has 0 aliphatic carbocycles. The lowest BCUT2D eigenvalue weighted by Gasteiger charge is -2.30. The van der Waals surface area contributed by atoms with Crippen LogP contribution in [-0.2, 0) is 0 Å². The highest BCUT2D eigenvalue weighted by Crippen LogP contribution is 2.24. The number of benzene rings is 1. The molecule has 3 nitrogen and oxygen atoms in total. The molecule has 1 saturated heterocycles. The third kappa shape index (κ3) is 3.38. The Morgan fingerprint density at radius 3 is 2.84 bits per heavy atom. The summed E-state index contributed by atoms with van der Waals surface area (Å²) in [6.07, 6.45) is 0.994. The molecular formula is C13H15Cl2FN2O. The Hall–Kier alpha value is -0.840. The van der Waals surface area contributed by atoms with Crippen LogP contribution in [0.5, 0.6) is 0 Å². The molecule has 1 aliphatic heterocycles. The molecule has 1 heterocycles. The lowest BCUT2D eigenvalue weighted by molar-refractivity contribution is 0.0915. The zero-order valence-electron chi connectivity index (χ0n) is 10.5. The summed E-state index contributed by atoms with van der Waals surface area (Å²) >= 11 is 11.5. The zero-order valence-corrected chi connectivity index (χ0v) is 12.0. The molecule has 1 aliphatic rings. The predicted octanol–water partition coefficient (Wildman–Crippen LogP) is 2.86. The van der Waals surface area contributed by atoms with Crippen molar-refractivity contribution in [2.75, 3.05) is 13.1 Å². The van der Waals surface area contributed by atoms with E-state index in [1.54, 1.807) is 0 Å². The standard InChI is InChI=1S/C13H15Cl2FN2O/c1-7-2-3-17-6-12(7)18-13(19)8-4-11(16)10(15)5-9(8)14/h4-5,7,12,17H,2-3,6H2,1H3,(H,18,19). The lowest BCUT2D eigenvalue weighted by Crippen LogP contribution is -2.50. The molecule has 1 fully saturated rings. The molecule has 1 amide bonds. The summed E-state index contributed by atoms with van der Waals surface area (Å²) in [6.45, 7) is 3.74. The molecule has 6 heteroatoms. The van der Waals surface area contributed by atoms with Gasteiger partial charge in [0.15, 0.2) is 0 Å². The van der Waals surface area contributed by atoms with E-state index in [0.29, 0.717) is 12.5 Å². The van der Waals surface area contributed by atoms with E-state index in [1.165, 1.54) is 6.07 Å². The van der Waals surface area contributed by atoms with Crippen molar-refractivity contribution in [2.24, 2.45) is 5.92 Å². The van der Waals surface area contributed by atoms with Crippen molar-refractivity contribution in [3.8, 4) is 0 Å². The van der Waals surface area contributed by atoms with Crippen molar-refractivity contribution in [2.45, 2.75) is 19.4 Å². The van der Waals surface area contributed by atoms with Gasteiger partial charge in [0.2, 0.25) is 0 Å². The zero-order chi connectivity index (χ0) is 14.0. The van der Waals surface area contributed by atoms with Gasteiger partial charge in [-0.25, -0.2) is 4.39 Å². The number of carbonyl (C=O) groups excluding carboxylic acids is 1. The molecule has 0 radical (unpaired) electrons. The van der Waals surface area contributed by atoms with Gasteiger partial charge < -0.3 is 10.6 Å². The molecule has 2 rings (SSSR count). The van der Waals surface area contributed by atoms with Gasteiger partial charge in [-0.2, -0.15) is 0 Å². The molecule has 1 aromatic rings. The Kier molecular flexibility index (Phi) is 4.66. The molecule has 0 bridgehead atoms. The summed E-state index contributed by atoms with van der Waals surface area (Å²) in [5.74, 6) is -0.645. The summed E-state index contributed by atoms with van der Waals surface area (Å²) in [7, 11) is 0. The number of rotatable bonds is 2. The van der Waals surface area contributed by atoms with Gasteiger partial charge in [-0.05, 0) is 31.0 Å². The Bertz CT molecular complexity index is 496. The second kappa shape index (κ2) is 6.07. The van der Waals surface area contributed by atoms with Gasteiger partial charge >= 0.3 is 0 Å². The molecule has 2 N–H and O–H groups in total. The maximum absolute atomic E-state index is 13.4. The van der Waals surface area contributed by atoms with Crippen molar-refractivity contribution in [1.29, 1.82) is 0 Å². The topological polar surface area (TPSA) is 41.1 Å². The van der Waals surface area contributed by atoms with Crippen molar-refractivity contribution in [3.05, 3.63) is 33.6 Å². The minimum Gasteiger partial charge on any atom is -0.348 e. The number of amides is 1. The monoisotopic (exact) mass is 304 g/mol. The van der Waals surface area contributed by atoms with Gasteiger partial charge in [-0.15, -0.1) is 0 Å². The molecule has 0 spiro atoms. The molecule has 2 unspecified atom stereocenters. The van der Waals surface area contributed by atoms with Crippen LogP contribution in [0.25, 0.3) is 0 Å². The number of hydrogen-bond donors (Lipinski definition) is 2. The van der Waals surface area contributed by atoms with E-state index < -0.39 is 5.82 Å². The van der Waals surface area contributed by atoms with Crippen LogP contribution in [0.2, 0.25) is 10.0 Å². The van der Waals surface area contributed by atoms with Crippen LogP contribution in [0.3, 0.4) is 0 Å². The highest BCUT2D eigenvalue weighted by atomic mass is 35.5. The number of nitrogens with one attached hydrogen (secondary N) is 2. The summed E-state index contributed by atoms with van der Waals surface area (Å²) in [5, 5.41) is 6.16. The van der Waals surface area contributed by atoms with Crippen molar-refractivity contribution in [1.82, 2.24) is 10.6 Å². The van der Waals surface area contributed by atoms with E-state index in [4.69, 9.17) is 23.2 Å². The van der Waals surface area contributed by atoms with Gasteiger partial charge in [0.05, 0.1) is 15.6 Å². The van der Waals surface area contributed by atoms with Crippen LogP contribution < -0.4 is 10.6 Å². The fourth-order valence-corrected chi connectivity index (χ4v) is 2.59. The molecule has 0 saturated carbocycles. The molecule has 19 heavy (non-hydrogen) atoms. The van der Waals surface area contributed by atoms with E-state index in [0.717, 1.165) is 19.0 Å². The van der Waals surface area contributed by atoms with Crippen LogP contribution in [0.4, 0.5) is 4.39 Å². The second-order valence-electron chi connectivity index (χ2n) is 4.80. The SMILES string of the molecule is CC1CCNCC1NC(=O)c1cc(F)c(Cl)cc1Cl. The van der Waals surface area contributed by atoms with Crippen LogP contribution >= 0.6 is 23.2 Å². The highest BCUT2D eigenvalue weighted by Gasteiger charge is 2.24. The van der Waals surface area contributed by atoms with Crippen LogP contribution in [0.15, 0.2) is 12.1 Å². The molecular weight excluding hydrogens is 290 g/mol. The third-order valence-electron chi connectivity index (χ3n) is 3.40. The fraction of sp³-hybridized carbons (Fsp3) is 0.462. The van der Waals surface area contributed by atoms with Crippen LogP contribution in [0, 0.1) is 11.7 Å². The first-order valence-corrected chi connectivity index (χ1v) is 6.90. The van der Waals surface area contributed by atoms with Gasteiger partial charge in [0, 0.05) is 12.6 Å². The Morgan fingerprint density at radius 2 is 2.16 bits per heavy atom. The second-order valence-corrected chi connectivity index (χ2v) is 5.61. The number of halogens is 3. The minimum absolute atomic E-state index is 0.0241. The van der Waals surface area contributed by atoms with E-state index in [2.05, 4.69) is 17.6 Å². The van der Waals surface area contributed by atoms with Gasteiger partial charge in [-0.3, -0.25) is 4.79 Å². The maximum Gasteiger partial charge on any atom is 0.253 e. The Morgan fingerprint density at radius 1 is 1.42 bits per heavy atom. The average Bonchev–Trinajstić information content (AvgIpc) is 2.36. The van der Waals surface area contributed by atoms with E-state index in [9.17, 15) is 9.18 Å². The smallest absolute Gasteiger partial charge is 0.253 e. The Balaban J connectivity index is 2.13. The average molecular weight is 305 g/mol. The first-order chi connectivity index (χ1) is 8.99. The largest absolute Gasteiger partial charge is 0.348 e. The van der Waals surface area contributed by atoms with Crippen molar-refractivity contribution < 1.29 is 9.18 Å². The van der Waals surface area contributed by atoms with Gasteiger partial charge in [0.25, 0.3) is 5.91 Å². The highest BCUT2D eigenvalue weighted by molar-refractivity contribution is 6.36. The molecule has 0 aromatic heterocycles. The summed E-state index contributed by atoms with van der Waals surface area (Å²) in [5.41, 5.74) is 0.112. The van der Waals surface area contributed by atoms with Gasteiger partial charge in [-0.1, -0.05) is 30.1 Å². The maximum atomic E-state index is 13.4. The van der Waals surface area contributed by atoms with E-state index in [1.807, 2.05) is 0 Å². The molecule has 1 aromatic carbocycles. The number of carbonyl (C=O) groups is 1. The van der Waals surface area contributed by atoms with Crippen LogP contribution in [0.1, 0.15) is 23.7 Å². The third-order valence-corrected chi connectivity index (χ3v) is 4.00. The summed E-state index contributed by atoms with van der Waals surface area (Å²) < 4.78 is 13.4. The Labute approximate surface area is 121 Å². The predicted molar refractivity (Wildman–Crippen MR) is 74.3 cm³/mol. The summed E-state index contributed by atoms with van der Waals surface area (Å²) in [6, 6.07) is 2.34.